The van der Waals surface area contributed by atoms with Gasteiger partial charge in [-0.1, -0.05) is 12.5 Å². The van der Waals surface area contributed by atoms with Crippen LogP contribution in [0.2, 0.25) is 0 Å². The van der Waals surface area contributed by atoms with Gasteiger partial charge in [0.25, 0.3) is 0 Å². The van der Waals surface area contributed by atoms with Gasteiger partial charge >= 0.3 is 0 Å². The highest BCUT2D eigenvalue weighted by Gasteiger charge is 2.13. The molecule has 0 saturated heterocycles. The van der Waals surface area contributed by atoms with E-state index >= 15 is 0 Å². The van der Waals surface area contributed by atoms with E-state index in [0.29, 0.717) is 18.7 Å². The van der Waals surface area contributed by atoms with Gasteiger partial charge < -0.3 is 9.53 Å². The van der Waals surface area contributed by atoms with Crippen LogP contribution in [0.3, 0.4) is 0 Å². The molecule has 2 rings (SSSR count). The normalized spacial score (nSPS) is 12.5. The molecule has 1 N–H and O–H groups in total. The van der Waals surface area contributed by atoms with Crippen molar-refractivity contribution in [2.45, 2.75) is 43.4 Å². The fourth-order valence-electron chi connectivity index (χ4n) is 2.97. The summed E-state index contributed by atoms with van der Waals surface area (Å²) in [5, 5.41) is 0. The molecule has 1 unspecified atom stereocenters. The number of pyridine rings is 1. The third kappa shape index (κ3) is 7.40. The summed E-state index contributed by atoms with van der Waals surface area (Å²) in [5.74, 6) is 0.636. The summed E-state index contributed by atoms with van der Waals surface area (Å²) in [5.41, 5.74) is 1.18. The Bertz CT molecular complexity index is 808. The van der Waals surface area contributed by atoms with Crippen LogP contribution in [0, 0.1) is 5.92 Å². The lowest BCUT2D eigenvalue weighted by atomic mass is 9.96. The minimum absolute atomic E-state index is 0.0230. The largest absolute Gasteiger partial charge is 0.497 e. The Labute approximate surface area is 167 Å². The van der Waals surface area contributed by atoms with E-state index in [1.54, 1.807) is 18.3 Å². The van der Waals surface area contributed by atoms with Crippen LogP contribution in [0.1, 0.15) is 37.7 Å². The molecule has 28 heavy (non-hydrogen) atoms. The Hall–Kier alpha value is -2.25. The molecule has 0 fully saturated rings. The van der Waals surface area contributed by atoms with Gasteiger partial charge in [-0.3, -0.25) is 4.98 Å². The smallest absolute Gasteiger partial charge is 0.240 e. The molecule has 1 heterocycles. The van der Waals surface area contributed by atoms with Crippen molar-refractivity contribution in [1.29, 1.82) is 0 Å². The van der Waals surface area contributed by atoms with Crippen LogP contribution in [0.5, 0.6) is 5.75 Å². The summed E-state index contributed by atoms with van der Waals surface area (Å²) in [6.45, 7) is 0.357. The first-order valence-corrected chi connectivity index (χ1v) is 11.0. The van der Waals surface area contributed by atoms with Gasteiger partial charge in [0.15, 0.2) is 0 Å². The van der Waals surface area contributed by atoms with Crippen LogP contribution in [0.15, 0.2) is 53.7 Å². The molecule has 0 saturated carbocycles. The van der Waals surface area contributed by atoms with Crippen molar-refractivity contribution in [3.63, 3.8) is 0 Å². The Balaban J connectivity index is 1.65. The summed E-state index contributed by atoms with van der Waals surface area (Å²) in [7, 11) is -1.98. The molecule has 0 aliphatic carbocycles. The minimum atomic E-state index is -3.52. The molecule has 0 aliphatic rings. The van der Waals surface area contributed by atoms with E-state index in [-0.39, 0.29) is 10.8 Å². The zero-order valence-electron chi connectivity index (χ0n) is 16.2. The molecule has 2 aromatic rings. The topological polar surface area (TPSA) is 85.4 Å². The predicted octanol–water partition coefficient (Wildman–Crippen LogP) is 3.38. The molecule has 0 radical (unpaired) electrons. The first kappa shape index (κ1) is 22.0. The zero-order chi connectivity index (χ0) is 20.2. The number of aldehydes is 1. The number of rotatable bonds is 13. The second-order valence-corrected chi connectivity index (χ2v) is 8.49. The van der Waals surface area contributed by atoms with E-state index in [0.717, 1.165) is 38.4 Å². The molecule has 152 valence electrons. The van der Waals surface area contributed by atoms with Crippen molar-refractivity contribution in [3.8, 4) is 5.75 Å². The van der Waals surface area contributed by atoms with Crippen LogP contribution in [-0.4, -0.2) is 33.3 Å². The van der Waals surface area contributed by atoms with E-state index in [1.165, 1.54) is 24.8 Å². The van der Waals surface area contributed by atoms with Gasteiger partial charge in [-0.05, 0) is 68.0 Å². The second kappa shape index (κ2) is 11.6. The fourth-order valence-corrected chi connectivity index (χ4v) is 4.05. The van der Waals surface area contributed by atoms with Crippen molar-refractivity contribution in [2.75, 3.05) is 13.7 Å². The lowest BCUT2D eigenvalue weighted by Crippen LogP contribution is -2.24. The van der Waals surface area contributed by atoms with Crippen molar-refractivity contribution in [2.24, 2.45) is 5.92 Å². The second-order valence-electron chi connectivity index (χ2n) is 6.72. The Kier molecular flexibility index (Phi) is 9.10. The fraction of sp³-hybridized carbons (Fsp3) is 0.429. The summed E-state index contributed by atoms with van der Waals surface area (Å²) >= 11 is 0. The van der Waals surface area contributed by atoms with Gasteiger partial charge in [0, 0.05) is 24.9 Å². The number of nitrogens with zero attached hydrogens (tertiary/aromatic N) is 1. The highest BCUT2D eigenvalue weighted by atomic mass is 32.2. The van der Waals surface area contributed by atoms with E-state index in [4.69, 9.17) is 4.74 Å². The number of carbonyl (C=O) groups excluding carboxylic acids is 1. The number of sulfonamides is 1. The maximum absolute atomic E-state index is 12.2. The van der Waals surface area contributed by atoms with Crippen molar-refractivity contribution < 1.29 is 17.9 Å². The van der Waals surface area contributed by atoms with E-state index in [1.807, 2.05) is 18.3 Å². The maximum atomic E-state index is 12.2. The van der Waals surface area contributed by atoms with Gasteiger partial charge in [-0.2, -0.15) is 0 Å². The number of hydrogen-bond acceptors (Lipinski definition) is 5. The maximum Gasteiger partial charge on any atom is 0.240 e. The lowest BCUT2D eigenvalue weighted by molar-refractivity contribution is -0.111. The SMILES string of the molecule is COc1ccc(S(=O)(=O)NCCCCC(C=O)CCCc2cccnc2)cc1. The molecular weight excluding hydrogens is 376 g/mol. The standard InChI is InChI=1S/C21H28N2O4S/c1-27-20-10-12-21(13-11-20)28(25,26)23-15-3-2-6-19(17-24)8-4-7-18-9-5-14-22-16-18/h5,9-14,16-17,19,23H,2-4,6-8,15H2,1H3. The summed E-state index contributed by atoms with van der Waals surface area (Å²) < 4.78 is 32.1. The van der Waals surface area contributed by atoms with E-state index in [9.17, 15) is 13.2 Å². The van der Waals surface area contributed by atoms with Crippen LogP contribution in [0.4, 0.5) is 0 Å². The van der Waals surface area contributed by atoms with Crippen molar-refractivity contribution in [1.82, 2.24) is 9.71 Å². The van der Waals surface area contributed by atoms with Gasteiger partial charge in [0.1, 0.15) is 12.0 Å². The van der Waals surface area contributed by atoms with E-state index in [2.05, 4.69) is 9.71 Å². The number of ether oxygens (including phenoxy) is 1. The number of aryl methyl sites for hydroxylation is 1. The monoisotopic (exact) mass is 404 g/mol. The molecule has 1 atom stereocenters. The summed E-state index contributed by atoms with van der Waals surface area (Å²) in [6, 6.07) is 10.2. The number of nitrogens with one attached hydrogen (secondary N) is 1. The molecule has 1 aromatic heterocycles. The van der Waals surface area contributed by atoms with Crippen LogP contribution in [0.25, 0.3) is 0 Å². The average molecular weight is 405 g/mol. The Morgan fingerprint density at radius 3 is 2.50 bits per heavy atom. The predicted molar refractivity (Wildman–Crippen MR) is 109 cm³/mol. The molecule has 0 amide bonds. The summed E-state index contributed by atoms with van der Waals surface area (Å²) in [4.78, 5) is 15.6. The molecule has 7 heteroatoms. The van der Waals surface area contributed by atoms with Gasteiger partial charge in [-0.25, -0.2) is 13.1 Å². The van der Waals surface area contributed by atoms with Crippen molar-refractivity contribution in [3.05, 3.63) is 54.4 Å². The van der Waals surface area contributed by atoms with E-state index < -0.39 is 10.0 Å². The number of methoxy groups -OCH3 is 1. The third-order valence-corrected chi connectivity index (χ3v) is 6.10. The zero-order valence-corrected chi connectivity index (χ0v) is 17.0. The molecule has 0 bridgehead atoms. The van der Waals surface area contributed by atoms with Gasteiger partial charge in [0.05, 0.1) is 12.0 Å². The number of carbonyl (C=O) groups is 1. The third-order valence-electron chi connectivity index (χ3n) is 4.62. The first-order valence-electron chi connectivity index (χ1n) is 9.53. The number of unbranched alkanes of at least 4 members (excludes halogenated alkanes) is 1. The molecule has 0 spiro atoms. The van der Waals surface area contributed by atoms with Crippen LogP contribution < -0.4 is 9.46 Å². The first-order chi connectivity index (χ1) is 13.5. The lowest BCUT2D eigenvalue weighted by Gasteiger charge is -2.11. The molecule has 6 nitrogen and oxygen atoms in total. The quantitative estimate of drug-likeness (QED) is 0.409. The highest BCUT2D eigenvalue weighted by molar-refractivity contribution is 7.89. The highest BCUT2D eigenvalue weighted by Crippen LogP contribution is 2.17. The van der Waals surface area contributed by atoms with Gasteiger partial charge in [-0.15, -0.1) is 0 Å². The number of benzene rings is 1. The van der Waals surface area contributed by atoms with Crippen LogP contribution in [-0.2, 0) is 21.2 Å². The summed E-state index contributed by atoms with van der Waals surface area (Å²) in [6.07, 6.45) is 9.61. The molecule has 0 aliphatic heterocycles. The average Bonchev–Trinajstić information content (AvgIpc) is 2.73. The number of aromatic nitrogens is 1. The molecular formula is C21H28N2O4S. The van der Waals surface area contributed by atoms with Crippen LogP contribution >= 0.6 is 0 Å². The van der Waals surface area contributed by atoms with Crippen molar-refractivity contribution >= 4 is 16.3 Å². The molecule has 1 aromatic carbocycles. The number of hydrogen-bond donors (Lipinski definition) is 1. The Morgan fingerprint density at radius 1 is 1.11 bits per heavy atom. The van der Waals surface area contributed by atoms with Gasteiger partial charge in [0.2, 0.25) is 10.0 Å². The minimum Gasteiger partial charge on any atom is -0.497 e. The Morgan fingerprint density at radius 2 is 1.86 bits per heavy atom.